The Morgan fingerprint density at radius 3 is 2.41 bits per heavy atom. The Morgan fingerprint density at radius 2 is 1.95 bits per heavy atom. The molecule has 0 spiro atoms. The van der Waals surface area contributed by atoms with Crippen LogP contribution in [0.1, 0.15) is 55.5 Å². The summed E-state index contributed by atoms with van der Waals surface area (Å²) in [6, 6.07) is 5.52. The molecule has 1 aromatic rings. The Bertz CT molecular complexity index is 581. The lowest BCUT2D eigenvalue weighted by atomic mass is 10.0. The molecule has 22 heavy (non-hydrogen) atoms. The first-order valence-corrected chi connectivity index (χ1v) is 8.02. The molecule has 5 heteroatoms. The van der Waals surface area contributed by atoms with Crippen LogP contribution >= 0.6 is 11.6 Å². The van der Waals surface area contributed by atoms with E-state index >= 15 is 0 Å². The topological polar surface area (TPSA) is 57.6 Å². The van der Waals surface area contributed by atoms with Gasteiger partial charge >= 0.3 is 5.97 Å². The van der Waals surface area contributed by atoms with Gasteiger partial charge in [0.2, 0.25) is 0 Å². The van der Waals surface area contributed by atoms with E-state index in [1.165, 1.54) is 0 Å². The Balaban J connectivity index is 2.20. The van der Waals surface area contributed by atoms with Gasteiger partial charge in [0.1, 0.15) is 0 Å². The lowest BCUT2D eigenvalue weighted by Crippen LogP contribution is -2.38. The number of carboxylic acids is 1. The molecule has 0 radical (unpaired) electrons. The number of aliphatic carboxylic acids is 1. The van der Waals surface area contributed by atoms with Crippen molar-refractivity contribution in [3.63, 3.8) is 0 Å². The van der Waals surface area contributed by atoms with E-state index < -0.39 is 11.9 Å². The molecule has 1 unspecified atom stereocenters. The van der Waals surface area contributed by atoms with Crippen molar-refractivity contribution in [3.8, 4) is 0 Å². The molecule has 1 saturated carbocycles. The lowest BCUT2D eigenvalue weighted by Gasteiger charge is -2.25. The van der Waals surface area contributed by atoms with Crippen molar-refractivity contribution < 1.29 is 14.7 Å². The number of hydrogen-bond acceptors (Lipinski definition) is 2. The van der Waals surface area contributed by atoms with Gasteiger partial charge in [-0.2, -0.15) is 0 Å². The number of carbonyl (C=O) groups is 2. The van der Waals surface area contributed by atoms with Crippen LogP contribution in [0.15, 0.2) is 18.2 Å². The minimum absolute atomic E-state index is 0.132. The Kier molecular flexibility index (Phi) is 5.12. The molecule has 0 saturated heterocycles. The summed E-state index contributed by atoms with van der Waals surface area (Å²) in [7, 11) is 0. The highest BCUT2D eigenvalue weighted by molar-refractivity contribution is 6.31. The quantitative estimate of drug-likeness (QED) is 0.866. The van der Waals surface area contributed by atoms with E-state index in [2.05, 4.69) is 0 Å². The molecule has 1 aliphatic rings. The molecule has 4 nitrogen and oxygen atoms in total. The lowest BCUT2D eigenvalue weighted by molar-refractivity contribution is -0.141. The maximum absolute atomic E-state index is 12.7. The first-order chi connectivity index (χ1) is 10.3. The van der Waals surface area contributed by atoms with E-state index in [1.807, 2.05) is 19.9 Å². The van der Waals surface area contributed by atoms with E-state index in [0.717, 1.165) is 18.4 Å². The third kappa shape index (κ3) is 3.80. The summed E-state index contributed by atoms with van der Waals surface area (Å²) in [5, 5.41) is 9.65. The zero-order valence-electron chi connectivity index (χ0n) is 13.2. The van der Waals surface area contributed by atoms with Gasteiger partial charge in [-0.15, -0.1) is 0 Å². The molecule has 0 bridgehead atoms. The van der Waals surface area contributed by atoms with Crippen LogP contribution in [0.2, 0.25) is 5.02 Å². The number of benzene rings is 1. The standard InChI is InChI=1S/C17H22ClNO3/c1-10(2)14-7-4-12(8-15(14)18)16(20)19(13-5-6-13)9-11(3)17(21)22/h4,7-8,10-11,13H,5-6,9H2,1-3H3,(H,21,22). The van der Waals surface area contributed by atoms with Crippen LogP contribution in [0.3, 0.4) is 0 Å². The van der Waals surface area contributed by atoms with Gasteiger partial charge in [0, 0.05) is 23.2 Å². The van der Waals surface area contributed by atoms with Gasteiger partial charge in [-0.25, -0.2) is 0 Å². The van der Waals surface area contributed by atoms with Gasteiger partial charge in [0.05, 0.1) is 5.92 Å². The SMILES string of the molecule is CC(CN(C(=O)c1ccc(C(C)C)c(Cl)c1)C1CC1)C(=O)O. The molecular formula is C17H22ClNO3. The average Bonchev–Trinajstić information content (AvgIpc) is 3.27. The van der Waals surface area contributed by atoms with Crippen LogP contribution in [-0.2, 0) is 4.79 Å². The summed E-state index contributed by atoms with van der Waals surface area (Å²) < 4.78 is 0. The summed E-state index contributed by atoms with van der Waals surface area (Å²) in [4.78, 5) is 25.4. The van der Waals surface area contributed by atoms with Crippen molar-refractivity contribution in [1.29, 1.82) is 0 Å². The van der Waals surface area contributed by atoms with Crippen molar-refractivity contribution in [2.75, 3.05) is 6.54 Å². The van der Waals surface area contributed by atoms with Crippen molar-refractivity contribution in [2.45, 2.75) is 45.6 Å². The fraction of sp³-hybridized carbons (Fsp3) is 0.529. The van der Waals surface area contributed by atoms with Crippen LogP contribution in [0, 0.1) is 5.92 Å². The summed E-state index contributed by atoms with van der Waals surface area (Å²) in [6.45, 7) is 5.96. The fourth-order valence-electron chi connectivity index (χ4n) is 2.45. The Morgan fingerprint density at radius 1 is 1.32 bits per heavy atom. The molecule has 1 aliphatic carbocycles. The minimum atomic E-state index is -0.883. The maximum atomic E-state index is 12.7. The molecule has 1 fully saturated rings. The molecule has 2 rings (SSSR count). The van der Waals surface area contributed by atoms with E-state index in [4.69, 9.17) is 16.7 Å². The van der Waals surface area contributed by atoms with Crippen molar-refractivity contribution in [3.05, 3.63) is 34.3 Å². The first-order valence-electron chi connectivity index (χ1n) is 7.64. The molecule has 1 amide bonds. The largest absolute Gasteiger partial charge is 0.481 e. The fourth-order valence-corrected chi connectivity index (χ4v) is 2.85. The van der Waals surface area contributed by atoms with E-state index in [0.29, 0.717) is 16.5 Å². The summed E-state index contributed by atoms with van der Waals surface area (Å²) in [6.07, 6.45) is 1.88. The van der Waals surface area contributed by atoms with Gasteiger partial charge in [0.15, 0.2) is 0 Å². The summed E-state index contributed by atoms with van der Waals surface area (Å²) in [5.41, 5.74) is 1.54. The van der Waals surface area contributed by atoms with Gasteiger partial charge in [-0.05, 0) is 36.5 Å². The second kappa shape index (κ2) is 6.69. The predicted molar refractivity (Wildman–Crippen MR) is 86.4 cm³/mol. The van der Waals surface area contributed by atoms with Gasteiger partial charge < -0.3 is 10.0 Å². The predicted octanol–water partition coefficient (Wildman–Crippen LogP) is 3.79. The normalized spacial score (nSPS) is 15.7. The van der Waals surface area contributed by atoms with E-state index in [9.17, 15) is 9.59 Å². The third-order valence-corrected chi connectivity index (χ3v) is 4.34. The number of hydrogen-bond donors (Lipinski definition) is 1. The van der Waals surface area contributed by atoms with Crippen LogP contribution in [-0.4, -0.2) is 34.5 Å². The first kappa shape index (κ1) is 16.8. The number of rotatable bonds is 6. The third-order valence-electron chi connectivity index (χ3n) is 4.01. The number of nitrogens with zero attached hydrogens (tertiary/aromatic N) is 1. The number of carboxylic acid groups (broad SMARTS) is 1. The molecule has 1 N–H and O–H groups in total. The van der Waals surface area contributed by atoms with E-state index in [1.54, 1.807) is 24.0 Å². The molecule has 0 heterocycles. The van der Waals surface area contributed by atoms with Crippen molar-refractivity contribution in [2.24, 2.45) is 5.92 Å². The van der Waals surface area contributed by atoms with Gasteiger partial charge in [0.25, 0.3) is 5.91 Å². The van der Waals surface area contributed by atoms with Crippen molar-refractivity contribution in [1.82, 2.24) is 4.90 Å². The molecule has 0 aliphatic heterocycles. The van der Waals surface area contributed by atoms with Crippen LogP contribution in [0.4, 0.5) is 0 Å². The van der Waals surface area contributed by atoms with E-state index in [-0.39, 0.29) is 18.5 Å². The van der Waals surface area contributed by atoms with Gasteiger partial charge in [-0.3, -0.25) is 9.59 Å². The highest BCUT2D eigenvalue weighted by Gasteiger charge is 2.35. The number of carbonyl (C=O) groups excluding carboxylic acids is 1. The van der Waals surface area contributed by atoms with Gasteiger partial charge in [-0.1, -0.05) is 38.4 Å². The number of halogens is 1. The van der Waals surface area contributed by atoms with Crippen LogP contribution in [0.5, 0.6) is 0 Å². The van der Waals surface area contributed by atoms with Crippen LogP contribution < -0.4 is 0 Å². The zero-order valence-corrected chi connectivity index (χ0v) is 13.9. The monoisotopic (exact) mass is 323 g/mol. The summed E-state index contributed by atoms with van der Waals surface area (Å²) >= 11 is 6.26. The maximum Gasteiger partial charge on any atom is 0.308 e. The zero-order chi connectivity index (χ0) is 16.4. The molecular weight excluding hydrogens is 302 g/mol. The van der Waals surface area contributed by atoms with Crippen molar-refractivity contribution >= 4 is 23.5 Å². The Labute approximate surface area is 136 Å². The second-order valence-electron chi connectivity index (χ2n) is 6.32. The smallest absolute Gasteiger partial charge is 0.308 e. The second-order valence-corrected chi connectivity index (χ2v) is 6.73. The summed E-state index contributed by atoms with van der Waals surface area (Å²) in [5.74, 6) is -1.29. The number of amides is 1. The highest BCUT2D eigenvalue weighted by atomic mass is 35.5. The highest BCUT2D eigenvalue weighted by Crippen LogP contribution is 2.31. The molecule has 1 aromatic carbocycles. The molecule has 120 valence electrons. The van der Waals surface area contributed by atoms with Crippen LogP contribution in [0.25, 0.3) is 0 Å². The average molecular weight is 324 g/mol. The molecule has 1 atom stereocenters. The minimum Gasteiger partial charge on any atom is -0.481 e. The molecule has 0 aromatic heterocycles. The Hall–Kier alpha value is -1.55.